The molecule has 0 spiro atoms. The van der Waals surface area contributed by atoms with Gasteiger partial charge in [-0.15, -0.1) is 0 Å². The normalized spacial score (nSPS) is 13.0. The van der Waals surface area contributed by atoms with Gasteiger partial charge in [-0.2, -0.15) is 0 Å². The van der Waals surface area contributed by atoms with E-state index in [1.807, 2.05) is 49.2 Å². The number of carbonyl (C=O) groups excluding carboxylic acids is 2. The van der Waals surface area contributed by atoms with Crippen LogP contribution in [0, 0.1) is 0 Å². The summed E-state index contributed by atoms with van der Waals surface area (Å²) in [6.45, 7) is 5.33. The zero-order chi connectivity index (χ0) is 20.5. The first-order valence-electron chi connectivity index (χ1n) is 9.80. The van der Waals surface area contributed by atoms with Gasteiger partial charge in [0.25, 0.3) is 5.91 Å². The van der Waals surface area contributed by atoms with Crippen LogP contribution in [0.4, 0.5) is 0 Å². The van der Waals surface area contributed by atoms with Crippen molar-refractivity contribution in [1.82, 2.24) is 15.5 Å². The Morgan fingerprint density at radius 1 is 1.04 bits per heavy atom. The summed E-state index contributed by atoms with van der Waals surface area (Å²) in [7, 11) is 3.55. The Kier molecular flexibility index (Phi) is 8.20. The largest absolute Gasteiger partial charge is 0.355 e. The minimum atomic E-state index is -0.244. The van der Waals surface area contributed by atoms with Crippen LogP contribution >= 0.6 is 0 Å². The molecule has 0 bridgehead atoms. The fraction of sp³-hybridized carbons (Fsp3) is 0.391. The van der Waals surface area contributed by atoms with E-state index in [-0.39, 0.29) is 17.9 Å². The Bertz CT molecular complexity index is 759. The molecule has 0 unspecified atom stereocenters. The molecule has 0 saturated carbocycles. The summed E-state index contributed by atoms with van der Waals surface area (Å²) in [5.74, 6) is 0.246. The second-order valence-corrected chi connectivity index (χ2v) is 7.13. The average Bonchev–Trinajstić information content (AvgIpc) is 2.74. The summed E-state index contributed by atoms with van der Waals surface area (Å²) in [6.07, 6.45) is 0.978. The maximum Gasteiger partial charge on any atom is 0.251 e. The second-order valence-electron chi connectivity index (χ2n) is 7.13. The van der Waals surface area contributed by atoms with Crippen LogP contribution in [0.15, 0.2) is 54.6 Å². The number of rotatable bonds is 9. The van der Waals surface area contributed by atoms with Crippen molar-refractivity contribution < 1.29 is 9.59 Å². The van der Waals surface area contributed by atoms with Crippen molar-refractivity contribution in [2.75, 3.05) is 20.6 Å². The van der Waals surface area contributed by atoms with Crippen molar-refractivity contribution in [2.45, 2.75) is 38.8 Å². The van der Waals surface area contributed by atoms with Crippen molar-refractivity contribution >= 4 is 11.8 Å². The third-order valence-electron chi connectivity index (χ3n) is 5.20. The molecule has 0 heterocycles. The number of nitrogens with one attached hydrogen (secondary N) is 2. The van der Waals surface area contributed by atoms with Gasteiger partial charge < -0.3 is 10.6 Å². The Balaban J connectivity index is 1.88. The molecule has 0 saturated heterocycles. The molecular weight excluding hydrogens is 350 g/mol. The number of carbonyl (C=O) groups is 2. The first kappa shape index (κ1) is 21.6. The summed E-state index contributed by atoms with van der Waals surface area (Å²) < 4.78 is 0. The number of nitrogens with zero attached hydrogens (tertiary/aromatic N) is 1. The molecule has 5 nitrogen and oxygen atoms in total. The Hall–Kier alpha value is -2.66. The highest BCUT2D eigenvalue weighted by Gasteiger charge is 2.19. The zero-order valence-corrected chi connectivity index (χ0v) is 17.2. The van der Waals surface area contributed by atoms with Crippen LogP contribution in [0.1, 0.15) is 47.7 Å². The Labute approximate surface area is 168 Å². The van der Waals surface area contributed by atoms with Crippen LogP contribution in [0.2, 0.25) is 0 Å². The number of hydrogen-bond donors (Lipinski definition) is 2. The summed E-state index contributed by atoms with van der Waals surface area (Å²) in [4.78, 5) is 26.2. The number of hydrogen-bond acceptors (Lipinski definition) is 3. The highest BCUT2D eigenvalue weighted by Crippen LogP contribution is 2.18. The predicted molar refractivity (Wildman–Crippen MR) is 113 cm³/mol. The molecule has 5 heteroatoms. The molecule has 150 valence electrons. The summed E-state index contributed by atoms with van der Waals surface area (Å²) in [5, 5.41) is 5.71. The molecule has 2 rings (SSSR count). The van der Waals surface area contributed by atoms with Crippen molar-refractivity contribution in [2.24, 2.45) is 0 Å². The highest BCUT2D eigenvalue weighted by atomic mass is 16.2. The molecule has 0 radical (unpaired) electrons. The van der Waals surface area contributed by atoms with Crippen LogP contribution in [0.25, 0.3) is 0 Å². The number of benzene rings is 2. The van der Waals surface area contributed by atoms with Gasteiger partial charge in [-0.05, 0) is 43.7 Å². The van der Waals surface area contributed by atoms with Crippen LogP contribution < -0.4 is 10.6 Å². The van der Waals surface area contributed by atoms with Crippen molar-refractivity contribution in [3.63, 3.8) is 0 Å². The maximum atomic E-state index is 12.6. The molecule has 0 aliphatic carbocycles. The molecule has 0 aliphatic heterocycles. The van der Waals surface area contributed by atoms with E-state index < -0.39 is 0 Å². The van der Waals surface area contributed by atoms with Crippen LogP contribution in [-0.2, 0) is 11.3 Å². The van der Waals surface area contributed by atoms with Gasteiger partial charge >= 0.3 is 0 Å². The van der Waals surface area contributed by atoms with E-state index in [2.05, 4.69) is 29.7 Å². The topological polar surface area (TPSA) is 61.4 Å². The Morgan fingerprint density at radius 3 is 2.25 bits per heavy atom. The van der Waals surface area contributed by atoms with Crippen LogP contribution in [0.3, 0.4) is 0 Å². The molecule has 2 aromatic carbocycles. The quantitative estimate of drug-likeness (QED) is 0.701. The van der Waals surface area contributed by atoms with E-state index in [1.165, 1.54) is 5.56 Å². The lowest BCUT2D eigenvalue weighted by atomic mass is 9.96. The summed E-state index contributed by atoms with van der Waals surface area (Å²) in [5.41, 5.74) is 2.94. The first-order valence-corrected chi connectivity index (χ1v) is 9.80. The van der Waals surface area contributed by atoms with E-state index in [0.29, 0.717) is 24.6 Å². The smallest absolute Gasteiger partial charge is 0.251 e. The molecule has 0 aromatic heterocycles. The first-order chi connectivity index (χ1) is 13.5. The lowest BCUT2D eigenvalue weighted by Crippen LogP contribution is -2.44. The molecule has 0 fully saturated rings. The summed E-state index contributed by atoms with van der Waals surface area (Å²) >= 11 is 0. The van der Waals surface area contributed by atoms with Crippen LogP contribution in [0.5, 0.6) is 0 Å². The lowest BCUT2D eigenvalue weighted by molar-refractivity contribution is -0.125. The minimum Gasteiger partial charge on any atom is -0.355 e. The maximum absolute atomic E-state index is 12.6. The van der Waals surface area contributed by atoms with Gasteiger partial charge in [-0.25, -0.2) is 0 Å². The van der Waals surface area contributed by atoms with E-state index in [4.69, 9.17) is 0 Å². The van der Waals surface area contributed by atoms with E-state index in [1.54, 1.807) is 19.2 Å². The van der Waals surface area contributed by atoms with Crippen molar-refractivity contribution in [1.29, 1.82) is 0 Å². The second kappa shape index (κ2) is 10.6. The average molecular weight is 382 g/mol. The minimum absolute atomic E-state index is 0.0267. The molecule has 2 amide bonds. The third-order valence-corrected chi connectivity index (χ3v) is 5.20. The van der Waals surface area contributed by atoms with Gasteiger partial charge in [0, 0.05) is 31.6 Å². The van der Waals surface area contributed by atoms with Gasteiger partial charge in [0.05, 0.1) is 6.04 Å². The summed E-state index contributed by atoms with van der Waals surface area (Å²) in [6, 6.07) is 17.5. The fourth-order valence-electron chi connectivity index (χ4n) is 3.13. The van der Waals surface area contributed by atoms with Crippen LogP contribution in [-0.4, -0.2) is 43.4 Å². The number of amides is 2. The highest BCUT2D eigenvalue weighted by molar-refractivity contribution is 5.93. The van der Waals surface area contributed by atoms with Gasteiger partial charge in [-0.3, -0.25) is 14.5 Å². The monoisotopic (exact) mass is 381 g/mol. The molecule has 0 aliphatic rings. The predicted octanol–water partition coefficient (Wildman–Crippen LogP) is 3.18. The molecule has 2 aromatic rings. The van der Waals surface area contributed by atoms with Crippen molar-refractivity contribution in [3.8, 4) is 0 Å². The fourth-order valence-corrected chi connectivity index (χ4v) is 3.13. The molecule has 2 atom stereocenters. The Morgan fingerprint density at radius 2 is 1.68 bits per heavy atom. The standard InChI is InChI=1S/C23H31N3O2/c1-5-19(20-9-7-6-8-10-20)15-25-22(27)17(2)26(4)16-18-11-13-21(14-12-18)23(28)24-3/h6-14,17,19H,5,15-16H2,1-4H3,(H,24,28)(H,25,27)/t17-,19+/m1/s1. The molecule has 28 heavy (non-hydrogen) atoms. The van der Waals surface area contributed by atoms with E-state index in [9.17, 15) is 9.59 Å². The van der Waals surface area contributed by atoms with E-state index >= 15 is 0 Å². The molecular formula is C23H31N3O2. The van der Waals surface area contributed by atoms with Crippen molar-refractivity contribution in [3.05, 3.63) is 71.3 Å². The number of likely N-dealkylation sites (N-methyl/N-ethyl adjacent to an activating group) is 1. The van der Waals surface area contributed by atoms with Gasteiger partial charge in [0.15, 0.2) is 0 Å². The SMILES string of the molecule is CC[C@@H](CNC(=O)[C@@H](C)N(C)Cc1ccc(C(=O)NC)cc1)c1ccccc1. The van der Waals surface area contributed by atoms with E-state index in [0.717, 1.165) is 12.0 Å². The van der Waals surface area contributed by atoms with Gasteiger partial charge in [0.2, 0.25) is 5.91 Å². The zero-order valence-electron chi connectivity index (χ0n) is 17.2. The van der Waals surface area contributed by atoms with Gasteiger partial charge in [0.1, 0.15) is 0 Å². The third kappa shape index (κ3) is 5.92. The van der Waals surface area contributed by atoms with Gasteiger partial charge in [-0.1, -0.05) is 49.4 Å². The lowest BCUT2D eigenvalue weighted by Gasteiger charge is -2.25. The molecule has 2 N–H and O–H groups in total.